The van der Waals surface area contributed by atoms with Crippen LogP contribution in [0.2, 0.25) is 5.02 Å². The number of thioether (sulfide) groups is 1. The second kappa shape index (κ2) is 12.5. The van der Waals surface area contributed by atoms with Gasteiger partial charge >= 0.3 is 6.03 Å². The van der Waals surface area contributed by atoms with Crippen LogP contribution in [0.25, 0.3) is 11.4 Å². The van der Waals surface area contributed by atoms with Crippen molar-refractivity contribution in [1.29, 1.82) is 0 Å². The summed E-state index contributed by atoms with van der Waals surface area (Å²) in [6, 6.07) is 6.69. The van der Waals surface area contributed by atoms with Crippen molar-refractivity contribution in [1.82, 2.24) is 20.1 Å². The van der Waals surface area contributed by atoms with Gasteiger partial charge in [-0.2, -0.15) is 0 Å². The number of hydrogen-bond acceptors (Lipinski definition) is 5. The summed E-state index contributed by atoms with van der Waals surface area (Å²) in [6.45, 7) is 3.02. The minimum Gasteiger partial charge on any atom is -0.351 e. The summed E-state index contributed by atoms with van der Waals surface area (Å²) in [7, 11) is 0. The van der Waals surface area contributed by atoms with Crippen LogP contribution in [0.1, 0.15) is 51.9 Å². The average molecular weight is 438 g/mol. The maximum absolute atomic E-state index is 11.6. The summed E-state index contributed by atoms with van der Waals surface area (Å²) in [4.78, 5) is 22.3. The molecule has 7 nitrogen and oxygen atoms in total. The molecule has 0 radical (unpaired) electrons. The van der Waals surface area contributed by atoms with E-state index in [0.717, 1.165) is 35.9 Å². The van der Waals surface area contributed by atoms with Crippen LogP contribution in [0, 0.1) is 0 Å². The van der Waals surface area contributed by atoms with E-state index in [0.29, 0.717) is 10.8 Å². The molecule has 2 rings (SSSR count). The molecule has 0 aliphatic carbocycles. The number of nitrogens with two attached hydrogens (primary N) is 1. The number of carbonyl (C=O) groups excluding carboxylic acids is 2. The molecule has 0 atom stereocenters. The molecule has 0 aliphatic heterocycles. The summed E-state index contributed by atoms with van der Waals surface area (Å²) >= 11 is 7.45. The predicted molar refractivity (Wildman–Crippen MR) is 117 cm³/mol. The largest absolute Gasteiger partial charge is 0.351 e. The molecule has 3 amide bonds. The highest BCUT2D eigenvalue weighted by Gasteiger charge is 2.15. The van der Waals surface area contributed by atoms with Gasteiger partial charge in [-0.15, -0.1) is 10.2 Å². The summed E-state index contributed by atoms with van der Waals surface area (Å²) in [6.07, 6.45) is 7.36. The zero-order chi connectivity index (χ0) is 21.1. The third-order valence-electron chi connectivity index (χ3n) is 4.38. The normalized spacial score (nSPS) is 10.8. The first-order valence-electron chi connectivity index (χ1n) is 9.92. The average Bonchev–Trinajstić information content (AvgIpc) is 3.07. The Morgan fingerprint density at radius 2 is 1.79 bits per heavy atom. The number of urea groups is 1. The fraction of sp³-hybridized carbons (Fsp3) is 0.500. The minimum atomic E-state index is -0.837. The Balaban J connectivity index is 2.03. The number of carbonyl (C=O) groups is 2. The SMILES string of the molecule is CCCCCCCCn1c(SCCC(=O)NC(N)=O)nnc1-c1ccc(Cl)cc1. The number of imide groups is 1. The molecule has 1 heterocycles. The van der Waals surface area contributed by atoms with E-state index < -0.39 is 11.9 Å². The maximum Gasteiger partial charge on any atom is 0.318 e. The highest BCUT2D eigenvalue weighted by atomic mass is 35.5. The number of unbranched alkanes of at least 4 members (excludes halogenated alkanes) is 5. The fourth-order valence-electron chi connectivity index (χ4n) is 2.89. The lowest BCUT2D eigenvalue weighted by molar-refractivity contribution is -0.119. The van der Waals surface area contributed by atoms with Gasteiger partial charge in [0.1, 0.15) is 0 Å². The number of benzene rings is 1. The van der Waals surface area contributed by atoms with Crippen LogP contribution in [-0.4, -0.2) is 32.5 Å². The van der Waals surface area contributed by atoms with Gasteiger partial charge in [-0.3, -0.25) is 10.1 Å². The lowest BCUT2D eigenvalue weighted by Gasteiger charge is -2.10. The summed E-state index contributed by atoms with van der Waals surface area (Å²) in [5.41, 5.74) is 5.91. The van der Waals surface area contributed by atoms with Gasteiger partial charge < -0.3 is 10.3 Å². The molecule has 0 fully saturated rings. The first-order chi connectivity index (χ1) is 14.0. The molecule has 0 unspecified atom stereocenters. The topological polar surface area (TPSA) is 103 Å². The second-order valence-corrected chi connectivity index (χ2v) is 8.24. The lowest BCUT2D eigenvalue weighted by atomic mass is 10.1. The molecular weight excluding hydrogens is 410 g/mol. The van der Waals surface area contributed by atoms with Crippen LogP contribution in [0.3, 0.4) is 0 Å². The van der Waals surface area contributed by atoms with E-state index >= 15 is 0 Å². The van der Waals surface area contributed by atoms with E-state index in [4.69, 9.17) is 17.3 Å². The van der Waals surface area contributed by atoms with Crippen LogP contribution < -0.4 is 11.1 Å². The minimum absolute atomic E-state index is 0.174. The van der Waals surface area contributed by atoms with Gasteiger partial charge in [0.25, 0.3) is 0 Å². The number of amides is 3. The van der Waals surface area contributed by atoms with Crippen molar-refractivity contribution in [3.63, 3.8) is 0 Å². The smallest absolute Gasteiger partial charge is 0.318 e. The Labute approximate surface area is 180 Å². The number of nitrogens with zero attached hydrogens (tertiary/aromatic N) is 3. The van der Waals surface area contributed by atoms with Crippen molar-refractivity contribution in [3.8, 4) is 11.4 Å². The van der Waals surface area contributed by atoms with Crippen LogP contribution in [0.15, 0.2) is 29.4 Å². The predicted octanol–water partition coefficient (Wildman–Crippen LogP) is 4.64. The lowest BCUT2D eigenvalue weighted by Crippen LogP contribution is -2.35. The van der Waals surface area contributed by atoms with Gasteiger partial charge in [-0.05, 0) is 30.7 Å². The number of primary amides is 1. The van der Waals surface area contributed by atoms with Crippen LogP contribution in [0.5, 0.6) is 0 Å². The molecule has 158 valence electrons. The maximum atomic E-state index is 11.6. The van der Waals surface area contributed by atoms with E-state index in [1.165, 1.54) is 37.4 Å². The van der Waals surface area contributed by atoms with E-state index in [1.807, 2.05) is 24.3 Å². The van der Waals surface area contributed by atoms with E-state index in [2.05, 4.69) is 27.0 Å². The van der Waals surface area contributed by atoms with E-state index in [1.54, 1.807) is 0 Å². The molecule has 0 aliphatic rings. The van der Waals surface area contributed by atoms with E-state index in [-0.39, 0.29) is 6.42 Å². The third-order valence-corrected chi connectivity index (χ3v) is 5.60. The Morgan fingerprint density at radius 3 is 2.48 bits per heavy atom. The number of nitrogens with one attached hydrogen (secondary N) is 1. The highest BCUT2D eigenvalue weighted by Crippen LogP contribution is 2.26. The summed E-state index contributed by atoms with van der Waals surface area (Å²) < 4.78 is 2.10. The van der Waals surface area contributed by atoms with Gasteiger partial charge in [-0.25, -0.2) is 4.79 Å². The molecule has 1 aromatic carbocycles. The van der Waals surface area contributed by atoms with Crippen molar-refractivity contribution in [2.45, 2.75) is 63.6 Å². The van der Waals surface area contributed by atoms with Gasteiger partial charge in [0.15, 0.2) is 11.0 Å². The molecule has 29 heavy (non-hydrogen) atoms. The van der Waals surface area contributed by atoms with Crippen molar-refractivity contribution >= 4 is 35.3 Å². The van der Waals surface area contributed by atoms with Crippen LogP contribution in [-0.2, 0) is 11.3 Å². The summed E-state index contributed by atoms with van der Waals surface area (Å²) in [5, 5.41) is 12.2. The Kier molecular flexibility index (Phi) is 10.0. The van der Waals surface area contributed by atoms with Crippen molar-refractivity contribution in [3.05, 3.63) is 29.3 Å². The molecule has 2 aromatic rings. The molecule has 1 aromatic heterocycles. The molecule has 9 heteroatoms. The molecule has 0 spiro atoms. The van der Waals surface area contributed by atoms with Crippen molar-refractivity contribution < 1.29 is 9.59 Å². The third kappa shape index (κ3) is 8.06. The molecule has 0 saturated heterocycles. The number of hydrogen-bond donors (Lipinski definition) is 2. The Morgan fingerprint density at radius 1 is 1.10 bits per heavy atom. The van der Waals surface area contributed by atoms with Gasteiger partial charge in [0.05, 0.1) is 0 Å². The van der Waals surface area contributed by atoms with Gasteiger partial charge in [0.2, 0.25) is 5.91 Å². The van der Waals surface area contributed by atoms with Gasteiger partial charge in [-0.1, -0.05) is 62.4 Å². The molecular formula is C20H28ClN5O2S. The number of halogens is 1. The number of rotatable bonds is 12. The summed E-state index contributed by atoms with van der Waals surface area (Å²) in [5.74, 6) is 0.873. The first kappa shape index (κ1) is 23.2. The van der Waals surface area contributed by atoms with Crippen LogP contribution >= 0.6 is 23.4 Å². The zero-order valence-electron chi connectivity index (χ0n) is 16.7. The Hall–Kier alpha value is -2.06. The first-order valence-corrected chi connectivity index (χ1v) is 11.3. The molecule has 0 bridgehead atoms. The monoisotopic (exact) mass is 437 g/mol. The molecule has 0 saturated carbocycles. The molecule has 3 N–H and O–H groups in total. The van der Waals surface area contributed by atoms with Crippen molar-refractivity contribution in [2.75, 3.05) is 5.75 Å². The highest BCUT2D eigenvalue weighted by molar-refractivity contribution is 7.99. The zero-order valence-corrected chi connectivity index (χ0v) is 18.3. The quantitative estimate of drug-likeness (QED) is 0.372. The fourth-order valence-corrected chi connectivity index (χ4v) is 3.92. The Bertz CT molecular complexity index is 795. The standard InChI is InChI=1S/C20H28ClN5O2S/c1-2-3-4-5-6-7-13-26-18(15-8-10-16(21)11-9-15)24-25-20(26)29-14-12-17(27)23-19(22)28/h8-11H,2-7,12-14H2,1H3,(H3,22,23,27,28). The van der Waals surface area contributed by atoms with Crippen LogP contribution in [0.4, 0.5) is 4.79 Å². The van der Waals surface area contributed by atoms with Crippen molar-refractivity contribution in [2.24, 2.45) is 5.73 Å². The van der Waals surface area contributed by atoms with E-state index in [9.17, 15) is 9.59 Å². The van der Waals surface area contributed by atoms with Gasteiger partial charge in [0, 0.05) is 29.3 Å². The number of aromatic nitrogens is 3. The second-order valence-electron chi connectivity index (χ2n) is 6.74.